The molecule has 1 rings (SSSR count). The minimum atomic E-state index is -0.0299. The van der Waals surface area contributed by atoms with Gasteiger partial charge in [0.25, 0.3) is 0 Å². The van der Waals surface area contributed by atoms with E-state index in [9.17, 15) is 4.79 Å². The van der Waals surface area contributed by atoms with Crippen molar-refractivity contribution in [2.75, 3.05) is 13.0 Å². The van der Waals surface area contributed by atoms with Gasteiger partial charge in [-0.15, -0.1) is 11.6 Å². The predicted octanol–water partition coefficient (Wildman–Crippen LogP) is 2.89. The van der Waals surface area contributed by atoms with Gasteiger partial charge in [-0.3, -0.25) is 4.79 Å². The monoisotopic (exact) mass is 255 g/mol. The van der Waals surface area contributed by atoms with Crippen LogP contribution in [0.4, 0.5) is 0 Å². The Morgan fingerprint density at radius 1 is 1.47 bits per heavy atom. The molecule has 0 heterocycles. The number of hydrogen-bond donors (Lipinski definition) is 1. The number of amides is 1. The number of rotatable bonds is 6. The van der Waals surface area contributed by atoms with Crippen molar-refractivity contribution >= 4 is 17.5 Å². The van der Waals surface area contributed by atoms with Crippen LogP contribution in [0.2, 0.25) is 0 Å². The van der Waals surface area contributed by atoms with Crippen LogP contribution in [0.1, 0.15) is 31.4 Å². The number of carbonyl (C=O) groups is 1. The summed E-state index contributed by atoms with van der Waals surface area (Å²) in [6.45, 7) is 2.03. The largest absolute Gasteiger partial charge is 0.496 e. The quantitative estimate of drug-likeness (QED) is 0.794. The van der Waals surface area contributed by atoms with Crippen LogP contribution < -0.4 is 10.1 Å². The van der Waals surface area contributed by atoms with Crippen LogP contribution in [-0.2, 0) is 4.79 Å². The molecular weight excluding hydrogens is 238 g/mol. The Labute approximate surface area is 107 Å². The summed E-state index contributed by atoms with van der Waals surface area (Å²) in [6.07, 6.45) is 1.15. The van der Waals surface area contributed by atoms with Crippen LogP contribution in [0.5, 0.6) is 5.75 Å². The number of methoxy groups -OCH3 is 1. The summed E-state index contributed by atoms with van der Waals surface area (Å²) < 4.78 is 5.29. The SMILES string of the molecule is CCC(NC(=O)CCCl)c1ccccc1OC. The number of ether oxygens (including phenoxy) is 1. The Bertz CT molecular complexity index is 368. The van der Waals surface area contributed by atoms with Crippen molar-refractivity contribution in [3.05, 3.63) is 29.8 Å². The molecule has 4 heteroatoms. The molecule has 0 aromatic heterocycles. The molecule has 0 aliphatic heterocycles. The van der Waals surface area contributed by atoms with E-state index in [-0.39, 0.29) is 11.9 Å². The molecule has 0 saturated carbocycles. The zero-order valence-electron chi connectivity index (χ0n) is 10.2. The highest BCUT2D eigenvalue weighted by Crippen LogP contribution is 2.26. The zero-order chi connectivity index (χ0) is 12.7. The molecule has 0 spiro atoms. The topological polar surface area (TPSA) is 38.3 Å². The maximum absolute atomic E-state index is 11.5. The van der Waals surface area contributed by atoms with E-state index < -0.39 is 0 Å². The van der Waals surface area contributed by atoms with Crippen LogP contribution in [0.15, 0.2) is 24.3 Å². The fourth-order valence-electron chi connectivity index (χ4n) is 1.71. The van der Waals surface area contributed by atoms with Crippen LogP contribution in [0.25, 0.3) is 0 Å². The maximum atomic E-state index is 11.5. The molecule has 1 aromatic rings. The highest BCUT2D eigenvalue weighted by molar-refractivity contribution is 6.18. The molecule has 1 N–H and O–H groups in total. The molecule has 1 amide bonds. The van der Waals surface area contributed by atoms with E-state index in [1.54, 1.807) is 7.11 Å². The summed E-state index contributed by atoms with van der Waals surface area (Å²) >= 11 is 5.54. The van der Waals surface area contributed by atoms with Crippen molar-refractivity contribution in [3.63, 3.8) is 0 Å². The molecule has 0 radical (unpaired) electrons. The number of nitrogens with one attached hydrogen (secondary N) is 1. The first-order chi connectivity index (χ1) is 8.22. The summed E-state index contributed by atoms with van der Waals surface area (Å²) in [7, 11) is 1.63. The average molecular weight is 256 g/mol. The van der Waals surface area contributed by atoms with Crippen molar-refractivity contribution in [2.45, 2.75) is 25.8 Å². The average Bonchev–Trinajstić information content (AvgIpc) is 2.36. The van der Waals surface area contributed by atoms with Crippen molar-refractivity contribution in [1.29, 1.82) is 0 Å². The van der Waals surface area contributed by atoms with Gasteiger partial charge >= 0.3 is 0 Å². The fourth-order valence-corrected chi connectivity index (χ4v) is 1.88. The molecular formula is C13H18ClNO2. The summed E-state index contributed by atoms with van der Waals surface area (Å²) in [4.78, 5) is 11.5. The van der Waals surface area contributed by atoms with Gasteiger partial charge in [0.1, 0.15) is 5.75 Å². The van der Waals surface area contributed by atoms with E-state index >= 15 is 0 Å². The number of benzene rings is 1. The molecule has 1 unspecified atom stereocenters. The number of para-hydroxylation sites is 1. The van der Waals surface area contributed by atoms with E-state index in [1.165, 1.54) is 0 Å². The predicted molar refractivity (Wildman–Crippen MR) is 69.5 cm³/mol. The highest BCUT2D eigenvalue weighted by atomic mass is 35.5. The van der Waals surface area contributed by atoms with E-state index in [0.29, 0.717) is 12.3 Å². The Hall–Kier alpha value is -1.22. The lowest BCUT2D eigenvalue weighted by Crippen LogP contribution is -2.28. The van der Waals surface area contributed by atoms with Crippen LogP contribution in [0, 0.1) is 0 Å². The van der Waals surface area contributed by atoms with E-state index in [1.807, 2.05) is 31.2 Å². The molecule has 0 bridgehead atoms. The Morgan fingerprint density at radius 3 is 2.76 bits per heavy atom. The summed E-state index contributed by atoms with van der Waals surface area (Å²) in [6, 6.07) is 7.69. The fraction of sp³-hybridized carbons (Fsp3) is 0.462. The molecule has 0 fully saturated rings. The van der Waals surface area contributed by atoms with Gasteiger partial charge in [0.15, 0.2) is 0 Å². The number of halogens is 1. The normalized spacial score (nSPS) is 11.9. The third-order valence-electron chi connectivity index (χ3n) is 2.58. The van der Waals surface area contributed by atoms with Gasteiger partial charge in [-0.05, 0) is 12.5 Å². The maximum Gasteiger partial charge on any atom is 0.221 e. The zero-order valence-corrected chi connectivity index (χ0v) is 11.0. The first-order valence-corrected chi connectivity index (χ1v) is 6.24. The summed E-state index contributed by atoms with van der Waals surface area (Å²) in [5.41, 5.74) is 1.00. The van der Waals surface area contributed by atoms with Crippen LogP contribution >= 0.6 is 11.6 Å². The second-order valence-corrected chi connectivity index (χ2v) is 4.09. The molecule has 17 heavy (non-hydrogen) atoms. The third-order valence-corrected chi connectivity index (χ3v) is 2.77. The van der Waals surface area contributed by atoms with Gasteiger partial charge in [0.05, 0.1) is 13.2 Å². The van der Waals surface area contributed by atoms with Gasteiger partial charge in [-0.2, -0.15) is 0 Å². The first-order valence-electron chi connectivity index (χ1n) is 5.71. The minimum absolute atomic E-state index is 0.0260. The smallest absolute Gasteiger partial charge is 0.221 e. The molecule has 1 aromatic carbocycles. The van der Waals surface area contributed by atoms with E-state index in [0.717, 1.165) is 17.7 Å². The first kappa shape index (κ1) is 13.8. The second-order valence-electron chi connectivity index (χ2n) is 3.71. The lowest BCUT2D eigenvalue weighted by Gasteiger charge is -2.19. The molecule has 0 aliphatic rings. The molecule has 0 saturated heterocycles. The molecule has 94 valence electrons. The summed E-state index contributed by atoms with van der Waals surface area (Å²) in [5, 5.41) is 2.96. The molecule has 0 aliphatic carbocycles. The van der Waals surface area contributed by atoms with Gasteiger partial charge in [0.2, 0.25) is 5.91 Å². The number of carbonyl (C=O) groups excluding carboxylic acids is 1. The van der Waals surface area contributed by atoms with Gasteiger partial charge in [-0.25, -0.2) is 0 Å². The Morgan fingerprint density at radius 2 is 2.18 bits per heavy atom. The molecule has 1 atom stereocenters. The lowest BCUT2D eigenvalue weighted by molar-refractivity contribution is -0.121. The van der Waals surface area contributed by atoms with Crippen LogP contribution in [0.3, 0.4) is 0 Å². The van der Waals surface area contributed by atoms with E-state index in [4.69, 9.17) is 16.3 Å². The van der Waals surface area contributed by atoms with Crippen LogP contribution in [-0.4, -0.2) is 18.9 Å². The van der Waals surface area contributed by atoms with Crippen molar-refractivity contribution in [3.8, 4) is 5.75 Å². The van der Waals surface area contributed by atoms with Gasteiger partial charge in [-0.1, -0.05) is 25.1 Å². The molecule has 3 nitrogen and oxygen atoms in total. The summed E-state index contributed by atoms with van der Waals surface area (Å²) in [5.74, 6) is 1.11. The number of hydrogen-bond acceptors (Lipinski definition) is 2. The minimum Gasteiger partial charge on any atom is -0.496 e. The number of alkyl halides is 1. The van der Waals surface area contributed by atoms with Gasteiger partial charge < -0.3 is 10.1 Å². The van der Waals surface area contributed by atoms with Crippen molar-refractivity contribution in [1.82, 2.24) is 5.32 Å². The Balaban J connectivity index is 2.82. The van der Waals surface area contributed by atoms with Crippen molar-refractivity contribution in [2.24, 2.45) is 0 Å². The highest BCUT2D eigenvalue weighted by Gasteiger charge is 2.15. The Kier molecular flexibility index (Phi) is 5.84. The second kappa shape index (κ2) is 7.17. The van der Waals surface area contributed by atoms with Crippen molar-refractivity contribution < 1.29 is 9.53 Å². The third kappa shape index (κ3) is 3.93. The van der Waals surface area contributed by atoms with E-state index in [2.05, 4.69) is 5.32 Å². The standard InChI is InChI=1S/C13H18ClNO2/c1-3-11(15-13(16)8-9-14)10-6-4-5-7-12(10)17-2/h4-7,11H,3,8-9H2,1-2H3,(H,15,16). The lowest BCUT2D eigenvalue weighted by atomic mass is 10.0. The van der Waals surface area contributed by atoms with Gasteiger partial charge in [0, 0.05) is 17.9 Å².